The fraction of sp³-hybridized carbons (Fsp3) is 0.182. The first-order chi connectivity index (χ1) is 6.59. The number of rotatable bonds is 3. The van der Waals surface area contributed by atoms with Crippen molar-refractivity contribution in [1.29, 1.82) is 0 Å². The first-order valence-electron chi connectivity index (χ1n) is 4.37. The van der Waals surface area contributed by atoms with Gasteiger partial charge in [0, 0.05) is 17.8 Å². The van der Waals surface area contributed by atoms with Crippen LogP contribution in [-0.2, 0) is 11.3 Å². The Morgan fingerprint density at radius 3 is 2.50 bits per heavy atom. The number of nitrogens with one attached hydrogen (secondary N) is 1. The molecule has 0 heterocycles. The summed E-state index contributed by atoms with van der Waals surface area (Å²) in [4.78, 5) is 11.1. The van der Waals surface area contributed by atoms with Crippen LogP contribution >= 0.6 is 0 Å². The molecule has 0 spiro atoms. The van der Waals surface area contributed by atoms with Crippen LogP contribution in [0.25, 0.3) is 0 Å². The Labute approximate surface area is 83.6 Å². The lowest BCUT2D eigenvalue weighted by Crippen LogP contribution is -2.22. The topological polar surface area (TPSA) is 55.1 Å². The van der Waals surface area contributed by atoms with Gasteiger partial charge in [0.25, 0.3) is 0 Å². The molecule has 0 fully saturated rings. The summed E-state index contributed by atoms with van der Waals surface area (Å²) in [5.41, 5.74) is 7.79. The zero-order chi connectivity index (χ0) is 10.6. The largest absolute Gasteiger partial charge is 0.399 e. The molecule has 74 valence electrons. The third-order valence-electron chi connectivity index (χ3n) is 1.82. The quantitative estimate of drug-likeness (QED) is 0.560. The lowest BCUT2D eigenvalue weighted by molar-refractivity contribution is -0.117. The fourth-order valence-electron chi connectivity index (χ4n) is 0.969. The summed E-state index contributed by atoms with van der Waals surface area (Å²) in [5.74, 6) is -0.123. The molecule has 0 aliphatic heterocycles. The highest BCUT2D eigenvalue weighted by Crippen LogP contribution is 2.04. The summed E-state index contributed by atoms with van der Waals surface area (Å²) in [6.07, 6.45) is 0. The van der Waals surface area contributed by atoms with Gasteiger partial charge in [0.05, 0.1) is 0 Å². The van der Waals surface area contributed by atoms with E-state index in [0.717, 1.165) is 11.3 Å². The Bertz CT molecular complexity index is 341. The van der Waals surface area contributed by atoms with Gasteiger partial charge in [-0.25, -0.2) is 0 Å². The average Bonchev–Trinajstić information content (AvgIpc) is 2.16. The van der Waals surface area contributed by atoms with E-state index in [0.29, 0.717) is 12.1 Å². The maximum Gasteiger partial charge on any atom is 0.246 e. The van der Waals surface area contributed by atoms with Gasteiger partial charge in [-0.05, 0) is 24.6 Å². The van der Waals surface area contributed by atoms with Gasteiger partial charge < -0.3 is 11.1 Å². The Balaban J connectivity index is 2.50. The van der Waals surface area contributed by atoms with Crippen molar-refractivity contribution in [3.63, 3.8) is 0 Å². The van der Waals surface area contributed by atoms with Crippen LogP contribution < -0.4 is 11.1 Å². The van der Waals surface area contributed by atoms with Crippen molar-refractivity contribution in [2.45, 2.75) is 13.5 Å². The van der Waals surface area contributed by atoms with Crippen LogP contribution in [0, 0.1) is 0 Å². The SMILES string of the molecule is C=C(C)C(=O)NCc1ccc(N)cc1. The zero-order valence-corrected chi connectivity index (χ0v) is 8.21. The summed E-state index contributed by atoms with van der Waals surface area (Å²) in [6, 6.07) is 7.38. The molecular formula is C11H14N2O. The molecule has 1 aromatic carbocycles. The summed E-state index contributed by atoms with van der Waals surface area (Å²) in [7, 11) is 0. The van der Waals surface area contributed by atoms with Crippen molar-refractivity contribution in [1.82, 2.24) is 5.32 Å². The van der Waals surface area contributed by atoms with E-state index >= 15 is 0 Å². The molecule has 0 saturated carbocycles. The van der Waals surface area contributed by atoms with E-state index in [4.69, 9.17) is 5.73 Å². The Morgan fingerprint density at radius 1 is 1.43 bits per heavy atom. The predicted molar refractivity (Wildman–Crippen MR) is 57.5 cm³/mol. The zero-order valence-electron chi connectivity index (χ0n) is 8.21. The van der Waals surface area contributed by atoms with E-state index in [2.05, 4.69) is 11.9 Å². The molecular weight excluding hydrogens is 176 g/mol. The Kier molecular flexibility index (Phi) is 3.29. The van der Waals surface area contributed by atoms with E-state index in [9.17, 15) is 4.79 Å². The number of hydrogen-bond acceptors (Lipinski definition) is 2. The molecule has 1 aromatic rings. The van der Waals surface area contributed by atoms with Gasteiger partial charge in [0.2, 0.25) is 5.91 Å². The van der Waals surface area contributed by atoms with Crippen molar-refractivity contribution in [2.75, 3.05) is 5.73 Å². The summed E-state index contributed by atoms with van der Waals surface area (Å²) in [6.45, 7) is 5.73. The smallest absolute Gasteiger partial charge is 0.246 e. The third kappa shape index (κ3) is 2.94. The monoisotopic (exact) mass is 190 g/mol. The van der Waals surface area contributed by atoms with Crippen molar-refractivity contribution >= 4 is 11.6 Å². The van der Waals surface area contributed by atoms with Crippen molar-refractivity contribution in [3.05, 3.63) is 42.0 Å². The third-order valence-corrected chi connectivity index (χ3v) is 1.82. The molecule has 0 unspecified atom stereocenters. The summed E-state index contributed by atoms with van der Waals surface area (Å²) < 4.78 is 0. The normalized spacial score (nSPS) is 9.50. The van der Waals surface area contributed by atoms with Gasteiger partial charge in [-0.1, -0.05) is 18.7 Å². The van der Waals surface area contributed by atoms with Crippen LogP contribution in [0.1, 0.15) is 12.5 Å². The molecule has 0 saturated heterocycles. The van der Waals surface area contributed by atoms with Crippen molar-refractivity contribution in [2.24, 2.45) is 0 Å². The fourth-order valence-corrected chi connectivity index (χ4v) is 0.969. The minimum absolute atomic E-state index is 0.123. The Morgan fingerprint density at radius 2 is 2.00 bits per heavy atom. The van der Waals surface area contributed by atoms with E-state index in [1.165, 1.54) is 0 Å². The highest BCUT2D eigenvalue weighted by atomic mass is 16.1. The molecule has 14 heavy (non-hydrogen) atoms. The van der Waals surface area contributed by atoms with E-state index in [1.807, 2.05) is 24.3 Å². The first kappa shape index (κ1) is 10.3. The number of nitrogens with two attached hydrogens (primary N) is 1. The van der Waals surface area contributed by atoms with Crippen molar-refractivity contribution in [3.8, 4) is 0 Å². The van der Waals surface area contributed by atoms with Gasteiger partial charge in [0.1, 0.15) is 0 Å². The van der Waals surface area contributed by atoms with Crippen LogP contribution in [0.15, 0.2) is 36.4 Å². The molecule has 0 aliphatic rings. The van der Waals surface area contributed by atoms with Gasteiger partial charge >= 0.3 is 0 Å². The maximum absolute atomic E-state index is 11.1. The second-order valence-corrected chi connectivity index (χ2v) is 3.20. The van der Waals surface area contributed by atoms with Crippen LogP contribution in [0.2, 0.25) is 0 Å². The van der Waals surface area contributed by atoms with Crippen LogP contribution in [0.3, 0.4) is 0 Å². The molecule has 0 radical (unpaired) electrons. The molecule has 1 rings (SSSR count). The second kappa shape index (κ2) is 4.46. The van der Waals surface area contributed by atoms with Gasteiger partial charge in [-0.2, -0.15) is 0 Å². The number of hydrogen-bond donors (Lipinski definition) is 2. The van der Waals surface area contributed by atoms with Gasteiger partial charge in [0.15, 0.2) is 0 Å². The molecule has 1 amide bonds. The summed E-state index contributed by atoms with van der Waals surface area (Å²) in [5, 5.41) is 2.74. The molecule has 3 heteroatoms. The van der Waals surface area contributed by atoms with E-state index in [-0.39, 0.29) is 5.91 Å². The molecule has 3 N–H and O–H groups in total. The minimum Gasteiger partial charge on any atom is -0.399 e. The summed E-state index contributed by atoms with van der Waals surface area (Å²) >= 11 is 0. The van der Waals surface area contributed by atoms with Crippen LogP contribution in [0.5, 0.6) is 0 Å². The number of nitrogen functional groups attached to an aromatic ring is 1. The predicted octanol–water partition coefficient (Wildman–Crippen LogP) is 1.46. The standard InChI is InChI=1S/C11H14N2O/c1-8(2)11(14)13-7-9-3-5-10(12)6-4-9/h3-6H,1,7,12H2,2H3,(H,13,14). The lowest BCUT2D eigenvalue weighted by Gasteiger charge is -2.04. The molecule has 0 atom stereocenters. The average molecular weight is 190 g/mol. The second-order valence-electron chi connectivity index (χ2n) is 3.20. The maximum atomic E-state index is 11.1. The van der Waals surface area contributed by atoms with Gasteiger partial charge in [-0.3, -0.25) is 4.79 Å². The Hall–Kier alpha value is -1.77. The highest BCUT2D eigenvalue weighted by Gasteiger charge is 2.00. The molecule has 0 aromatic heterocycles. The first-order valence-corrected chi connectivity index (χ1v) is 4.37. The van der Waals surface area contributed by atoms with Gasteiger partial charge in [-0.15, -0.1) is 0 Å². The van der Waals surface area contributed by atoms with Crippen LogP contribution in [-0.4, -0.2) is 5.91 Å². The number of amides is 1. The molecule has 3 nitrogen and oxygen atoms in total. The number of benzene rings is 1. The van der Waals surface area contributed by atoms with Crippen LogP contribution in [0.4, 0.5) is 5.69 Å². The highest BCUT2D eigenvalue weighted by molar-refractivity contribution is 5.91. The molecule has 0 bridgehead atoms. The minimum atomic E-state index is -0.123. The van der Waals surface area contributed by atoms with E-state index in [1.54, 1.807) is 6.92 Å². The number of carbonyl (C=O) groups excluding carboxylic acids is 1. The van der Waals surface area contributed by atoms with E-state index < -0.39 is 0 Å². The number of anilines is 1. The number of carbonyl (C=O) groups is 1. The molecule has 0 aliphatic carbocycles. The van der Waals surface area contributed by atoms with Crippen molar-refractivity contribution < 1.29 is 4.79 Å². The lowest BCUT2D eigenvalue weighted by atomic mass is 10.2.